The Morgan fingerprint density at radius 3 is 2.70 bits per heavy atom. The first-order chi connectivity index (χ1) is 13.3. The van der Waals surface area contributed by atoms with Gasteiger partial charge in [0.2, 0.25) is 0 Å². The van der Waals surface area contributed by atoms with Crippen LogP contribution in [0.5, 0.6) is 0 Å². The van der Waals surface area contributed by atoms with Crippen LogP contribution in [0.2, 0.25) is 0 Å². The van der Waals surface area contributed by atoms with Gasteiger partial charge in [-0.25, -0.2) is 9.97 Å². The van der Waals surface area contributed by atoms with E-state index in [1.54, 1.807) is 6.20 Å². The zero-order chi connectivity index (χ0) is 18.5. The molecule has 3 aromatic rings. The highest BCUT2D eigenvalue weighted by Gasteiger charge is 2.19. The Balaban J connectivity index is 1.59. The maximum absolute atomic E-state index is 5.49. The van der Waals surface area contributed by atoms with Gasteiger partial charge in [-0.15, -0.1) is 0 Å². The van der Waals surface area contributed by atoms with E-state index in [-0.39, 0.29) is 6.04 Å². The van der Waals surface area contributed by atoms with Gasteiger partial charge in [0.15, 0.2) is 0 Å². The van der Waals surface area contributed by atoms with Crippen molar-refractivity contribution in [1.29, 1.82) is 0 Å². The number of aryl methyl sites for hydroxylation is 1. The summed E-state index contributed by atoms with van der Waals surface area (Å²) in [5.74, 6) is 1.54. The molecular weight excluding hydrogens is 340 g/mol. The molecular formula is C20H24N6O. The highest BCUT2D eigenvalue weighted by Crippen LogP contribution is 2.23. The topological polar surface area (TPSA) is 79.0 Å². The van der Waals surface area contributed by atoms with Gasteiger partial charge in [0.1, 0.15) is 11.6 Å². The zero-order valence-corrected chi connectivity index (χ0v) is 15.4. The Morgan fingerprint density at radius 1 is 1.15 bits per heavy atom. The largest absolute Gasteiger partial charge is 0.379 e. The summed E-state index contributed by atoms with van der Waals surface area (Å²) in [6.45, 7) is 6.29. The second-order valence-electron chi connectivity index (χ2n) is 6.68. The molecule has 1 aromatic carbocycles. The number of ether oxygens (including phenoxy) is 1. The monoisotopic (exact) mass is 364 g/mol. The van der Waals surface area contributed by atoms with Crippen LogP contribution in [0.1, 0.15) is 17.4 Å². The zero-order valence-electron chi connectivity index (χ0n) is 15.4. The number of nitrogens with zero attached hydrogens (tertiary/aromatic N) is 4. The molecule has 27 heavy (non-hydrogen) atoms. The third kappa shape index (κ3) is 4.50. The molecule has 140 valence electrons. The molecule has 2 aromatic heterocycles. The van der Waals surface area contributed by atoms with Crippen LogP contribution in [0.3, 0.4) is 0 Å². The Kier molecular flexibility index (Phi) is 5.41. The number of H-pyrrole nitrogens is 1. The summed E-state index contributed by atoms with van der Waals surface area (Å²) in [6.07, 6.45) is 1.73. The van der Waals surface area contributed by atoms with E-state index in [2.05, 4.69) is 54.6 Å². The summed E-state index contributed by atoms with van der Waals surface area (Å²) >= 11 is 0. The number of nitrogens with one attached hydrogen (secondary N) is 2. The predicted octanol–water partition coefficient (Wildman–Crippen LogP) is 2.66. The molecule has 0 spiro atoms. The van der Waals surface area contributed by atoms with Crippen LogP contribution in [0.4, 0.5) is 5.82 Å². The maximum atomic E-state index is 5.49. The lowest BCUT2D eigenvalue weighted by atomic mass is 10.1. The smallest absolute Gasteiger partial charge is 0.130 e. The van der Waals surface area contributed by atoms with Gasteiger partial charge < -0.3 is 10.1 Å². The molecule has 1 aliphatic rings. The minimum atomic E-state index is 0.133. The Hall–Kier alpha value is -2.77. The van der Waals surface area contributed by atoms with Gasteiger partial charge in [-0.1, -0.05) is 30.3 Å². The van der Waals surface area contributed by atoms with E-state index in [0.717, 1.165) is 55.9 Å². The predicted molar refractivity (Wildman–Crippen MR) is 104 cm³/mol. The first-order valence-electron chi connectivity index (χ1n) is 9.25. The van der Waals surface area contributed by atoms with Gasteiger partial charge in [0, 0.05) is 31.9 Å². The molecule has 1 atom stereocenters. The molecule has 0 radical (unpaired) electrons. The molecule has 7 nitrogen and oxygen atoms in total. The summed E-state index contributed by atoms with van der Waals surface area (Å²) in [4.78, 5) is 11.6. The third-order valence-corrected chi connectivity index (χ3v) is 4.68. The Bertz CT molecular complexity index is 846. The number of hydrogen-bond acceptors (Lipinski definition) is 6. The summed E-state index contributed by atoms with van der Waals surface area (Å²) in [7, 11) is 0. The minimum absolute atomic E-state index is 0.133. The quantitative estimate of drug-likeness (QED) is 0.700. The summed E-state index contributed by atoms with van der Waals surface area (Å²) in [5.41, 5.74) is 2.96. The number of aromatic amines is 1. The highest BCUT2D eigenvalue weighted by molar-refractivity contribution is 5.58. The average Bonchev–Trinajstić information content (AvgIpc) is 3.24. The number of aromatic nitrogens is 4. The highest BCUT2D eigenvalue weighted by atomic mass is 16.5. The second-order valence-corrected chi connectivity index (χ2v) is 6.68. The molecule has 3 heterocycles. The van der Waals surface area contributed by atoms with Crippen molar-refractivity contribution in [2.24, 2.45) is 0 Å². The summed E-state index contributed by atoms with van der Waals surface area (Å²) in [5, 5.41) is 10.6. The van der Waals surface area contributed by atoms with Crippen LogP contribution in [0.15, 0.2) is 48.7 Å². The standard InChI is InChI=1S/C20H24N6O/c1-15-22-18(17-7-8-21-25-17)13-20(23-15)24-19(16-5-3-2-4-6-16)14-26-9-11-27-12-10-26/h2-8,13,19H,9-12,14H2,1H3,(H,21,25)(H,22,23,24)/t19-/m0/s1. The van der Waals surface area contributed by atoms with Gasteiger partial charge in [-0.2, -0.15) is 5.10 Å². The van der Waals surface area contributed by atoms with Crippen molar-refractivity contribution in [3.8, 4) is 11.4 Å². The molecule has 0 aliphatic carbocycles. The first-order valence-corrected chi connectivity index (χ1v) is 9.25. The maximum Gasteiger partial charge on any atom is 0.130 e. The van der Waals surface area contributed by atoms with Gasteiger partial charge in [-0.05, 0) is 18.6 Å². The fourth-order valence-electron chi connectivity index (χ4n) is 3.32. The summed E-state index contributed by atoms with van der Waals surface area (Å²) < 4.78 is 5.49. The molecule has 4 rings (SSSR count). The van der Waals surface area contributed by atoms with E-state index in [4.69, 9.17) is 4.74 Å². The Morgan fingerprint density at radius 2 is 1.96 bits per heavy atom. The van der Waals surface area contributed by atoms with E-state index < -0.39 is 0 Å². The lowest BCUT2D eigenvalue weighted by Gasteiger charge is -2.31. The number of morpholine rings is 1. The van der Waals surface area contributed by atoms with Gasteiger partial charge >= 0.3 is 0 Å². The third-order valence-electron chi connectivity index (χ3n) is 4.68. The van der Waals surface area contributed by atoms with Crippen LogP contribution in [0.25, 0.3) is 11.4 Å². The molecule has 0 saturated carbocycles. The van der Waals surface area contributed by atoms with E-state index >= 15 is 0 Å². The molecule has 7 heteroatoms. The fraction of sp³-hybridized carbons (Fsp3) is 0.350. The van der Waals surface area contributed by atoms with E-state index in [0.29, 0.717) is 0 Å². The fourth-order valence-corrected chi connectivity index (χ4v) is 3.32. The van der Waals surface area contributed by atoms with E-state index in [1.165, 1.54) is 5.56 Å². The van der Waals surface area contributed by atoms with Crippen molar-refractivity contribution in [2.75, 3.05) is 38.2 Å². The first kappa shape index (κ1) is 17.6. The lowest BCUT2D eigenvalue weighted by Crippen LogP contribution is -2.40. The van der Waals surface area contributed by atoms with Crippen molar-refractivity contribution >= 4 is 5.82 Å². The molecule has 2 N–H and O–H groups in total. The normalized spacial score (nSPS) is 16.2. The van der Waals surface area contributed by atoms with Crippen LogP contribution in [-0.4, -0.2) is 57.9 Å². The Labute approximate surface area is 158 Å². The SMILES string of the molecule is Cc1nc(N[C@@H](CN2CCOCC2)c2ccccc2)cc(-c2ccn[nH]2)n1. The molecule has 1 fully saturated rings. The molecule has 1 aliphatic heterocycles. The van der Waals surface area contributed by atoms with Crippen LogP contribution in [0, 0.1) is 6.92 Å². The van der Waals surface area contributed by atoms with E-state index in [9.17, 15) is 0 Å². The van der Waals surface area contributed by atoms with Crippen LogP contribution >= 0.6 is 0 Å². The van der Waals surface area contributed by atoms with E-state index in [1.807, 2.05) is 25.1 Å². The van der Waals surface area contributed by atoms with Crippen molar-refractivity contribution in [3.63, 3.8) is 0 Å². The molecule has 0 unspecified atom stereocenters. The van der Waals surface area contributed by atoms with Crippen molar-refractivity contribution in [1.82, 2.24) is 25.1 Å². The van der Waals surface area contributed by atoms with Gasteiger partial charge in [0.25, 0.3) is 0 Å². The number of benzene rings is 1. The minimum Gasteiger partial charge on any atom is -0.379 e. The van der Waals surface area contributed by atoms with Crippen LogP contribution in [-0.2, 0) is 4.74 Å². The lowest BCUT2D eigenvalue weighted by molar-refractivity contribution is 0.0360. The molecule has 1 saturated heterocycles. The van der Waals surface area contributed by atoms with Gasteiger partial charge in [0.05, 0.1) is 30.6 Å². The van der Waals surface area contributed by atoms with Crippen LogP contribution < -0.4 is 5.32 Å². The average molecular weight is 364 g/mol. The molecule has 0 bridgehead atoms. The van der Waals surface area contributed by atoms with Gasteiger partial charge in [-0.3, -0.25) is 10.00 Å². The van der Waals surface area contributed by atoms with Crippen molar-refractivity contribution in [2.45, 2.75) is 13.0 Å². The van der Waals surface area contributed by atoms with Crippen molar-refractivity contribution in [3.05, 3.63) is 60.0 Å². The number of rotatable bonds is 6. The molecule has 0 amide bonds. The second kappa shape index (κ2) is 8.28. The van der Waals surface area contributed by atoms with Crippen molar-refractivity contribution < 1.29 is 4.74 Å². The number of anilines is 1. The summed E-state index contributed by atoms with van der Waals surface area (Å²) in [6, 6.07) is 14.5. The number of hydrogen-bond donors (Lipinski definition) is 2.